The molecule has 0 spiro atoms. The standard InChI is InChI=1S/C11H20N4OS/c1-8(2)15-6-4-10(14-15)13-11(16)9(12)5-7-17-3/h4,6,8-9H,5,7,12H2,1-3H3,(H,13,14,16)/t9-/m1/s1. The molecule has 5 nitrogen and oxygen atoms in total. The summed E-state index contributed by atoms with van der Waals surface area (Å²) in [5.41, 5.74) is 5.76. The number of aromatic nitrogens is 2. The number of hydrogen-bond acceptors (Lipinski definition) is 4. The lowest BCUT2D eigenvalue weighted by Gasteiger charge is -2.10. The fraction of sp³-hybridized carbons (Fsp3) is 0.636. The van der Waals surface area contributed by atoms with Crippen LogP contribution < -0.4 is 11.1 Å². The van der Waals surface area contributed by atoms with Gasteiger partial charge in [0.1, 0.15) is 0 Å². The maximum atomic E-state index is 11.7. The average molecular weight is 256 g/mol. The van der Waals surface area contributed by atoms with E-state index in [-0.39, 0.29) is 11.9 Å². The molecule has 1 aromatic rings. The molecule has 6 heteroatoms. The number of carbonyl (C=O) groups excluding carboxylic acids is 1. The minimum absolute atomic E-state index is 0.173. The summed E-state index contributed by atoms with van der Waals surface area (Å²) >= 11 is 1.68. The molecule has 0 bridgehead atoms. The topological polar surface area (TPSA) is 72.9 Å². The molecule has 0 saturated carbocycles. The number of carbonyl (C=O) groups is 1. The third kappa shape index (κ3) is 4.40. The van der Waals surface area contributed by atoms with Crippen molar-refractivity contribution in [3.05, 3.63) is 12.3 Å². The van der Waals surface area contributed by atoms with Crippen LogP contribution in [0.15, 0.2) is 12.3 Å². The van der Waals surface area contributed by atoms with Gasteiger partial charge in [-0.25, -0.2) is 0 Å². The highest BCUT2D eigenvalue weighted by Gasteiger charge is 2.14. The lowest BCUT2D eigenvalue weighted by molar-refractivity contribution is -0.117. The largest absolute Gasteiger partial charge is 0.320 e. The molecule has 1 aromatic heterocycles. The zero-order chi connectivity index (χ0) is 12.8. The van der Waals surface area contributed by atoms with Gasteiger partial charge in [-0.1, -0.05) is 0 Å². The van der Waals surface area contributed by atoms with Gasteiger partial charge in [0, 0.05) is 18.3 Å². The smallest absolute Gasteiger partial charge is 0.242 e. The van der Waals surface area contributed by atoms with Crippen LogP contribution in [0.4, 0.5) is 5.82 Å². The van der Waals surface area contributed by atoms with Crippen LogP contribution in [0.2, 0.25) is 0 Å². The summed E-state index contributed by atoms with van der Waals surface area (Å²) < 4.78 is 1.79. The number of nitrogens with zero attached hydrogens (tertiary/aromatic N) is 2. The number of hydrogen-bond donors (Lipinski definition) is 2. The Hall–Kier alpha value is -1.01. The second kappa shape index (κ2) is 6.66. The van der Waals surface area contributed by atoms with Crippen molar-refractivity contribution in [3.8, 4) is 0 Å². The van der Waals surface area contributed by atoms with Crippen LogP contribution in [0.5, 0.6) is 0 Å². The van der Waals surface area contributed by atoms with Crippen molar-refractivity contribution >= 4 is 23.5 Å². The Bertz CT molecular complexity index is 364. The number of nitrogens with two attached hydrogens (primary N) is 1. The first-order chi connectivity index (χ1) is 8.04. The van der Waals surface area contributed by atoms with E-state index in [9.17, 15) is 4.79 Å². The quantitative estimate of drug-likeness (QED) is 0.808. The zero-order valence-corrected chi connectivity index (χ0v) is 11.3. The molecule has 1 heterocycles. The van der Waals surface area contributed by atoms with Crippen molar-refractivity contribution in [3.63, 3.8) is 0 Å². The van der Waals surface area contributed by atoms with E-state index >= 15 is 0 Å². The number of anilines is 1. The summed E-state index contributed by atoms with van der Waals surface area (Å²) in [6, 6.07) is 1.59. The SMILES string of the molecule is CSCC[C@@H](N)C(=O)Nc1ccn(C(C)C)n1. The number of nitrogens with one attached hydrogen (secondary N) is 1. The highest BCUT2D eigenvalue weighted by atomic mass is 32.2. The summed E-state index contributed by atoms with van der Waals surface area (Å²) in [5.74, 6) is 1.27. The number of amides is 1. The molecule has 17 heavy (non-hydrogen) atoms. The van der Waals surface area contributed by atoms with Gasteiger partial charge in [0.2, 0.25) is 5.91 Å². The van der Waals surface area contributed by atoms with E-state index in [1.54, 1.807) is 22.5 Å². The lowest BCUT2D eigenvalue weighted by Crippen LogP contribution is -2.36. The molecule has 1 amide bonds. The second-order valence-corrected chi connectivity index (χ2v) is 5.14. The Morgan fingerprint density at radius 2 is 2.35 bits per heavy atom. The minimum Gasteiger partial charge on any atom is -0.320 e. The molecule has 0 saturated heterocycles. The van der Waals surface area contributed by atoms with Crippen LogP contribution in [0.25, 0.3) is 0 Å². The van der Waals surface area contributed by atoms with E-state index in [4.69, 9.17) is 5.73 Å². The Kier molecular flexibility index (Phi) is 5.50. The molecule has 0 unspecified atom stereocenters. The molecule has 1 atom stereocenters. The van der Waals surface area contributed by atoms with Crippen LogP contribution in [0.1, 0.15) is 26.3 Å². The summed E-state index contributed by atoms with van der Waals surface area (Å²) in [4.78, 5) is 11.7. The van der Waals surface area contributed by atoms with Crippen LogP contribution in [0, 0.1) is 0 Å². The Labute approximate surface area is 106 Å². The summed E-state index contributed by atoms with van der Waals surface area (Å²) in [6.45, 7) is 4.06. The normalized spacial score (nSPS) is 12.8. The van der Waals surface area contributed by atoms with E-state index in [0.717, 1.165) is 5.75 Å². The third-order valence-corrected chi connectivity index (χ3v) is 3.00. The molecule has 0 fully saturated rings. The molecule has 0 aliphatic heterocycles. The molecular formula is C11H20N4OS. The van der Waals surface area contributed by atoms with Gasteiger partial charge in [0.25, 0.3) is 0 Å². The van der Waals surface area contributed by atoms with E-state index in [0.29, 0.717) is 12.2 Å². The van der Waals surface area contributed by atoms with E-state index in [2.05, 4.69) is 10.4 Å². The lowest BCUT2D eigenvalue weighted by atomic mass is 10.2. The van der Waals surface area contributed by atoms with Crippen LogP contribution in [-0.4, -0.2) is 33.7 Å². The molecule has 0 aromatic carbocycles. The maximum Gasteiger partial charge on any atom is 0.242 e. The zero-order valence-electron chi connectivity index (χ0n) is 10.5. The van der Waals surface area contributed by atoms with Gasteiger partial charge in [-0.15, -0.1) is 0 Å². The van der Waals surface area contributed by atoms with Crippen LogP contribution >= 0.6 is 11.8 Å². The Morgan fingerprint density at radius 3 is 2.88 bits per heavy atom. The van der Waals surface area contributed by atoms with Gasteiger partial charge < -0.3 is 11.1 Å². The van der Waals surface area contributed by atoms with E-state index in [1.165, 1.54) is 0 Å². The molecule has 96 valence electrons. The van der Waals surface area contributed by atoms with Crippen molar-refractivity contribution in [1.29, 1.82) is 0 Å². The first-order valence-electron chi connectivity index (χ1n) is 5.65. The Balaban J connectivity index is 2.49. The van der Waals surface area contributed by atoms with Crippen molar-refractivity contribution < 1.29 is 4.79 Å². The Morgan fingerprint density at radius 1 is 1.65 bits per heavy atom. The highest BCUT2D eigenvalue weighted by molar-refractivity contribution is 7.98. The van der Waals surface area contributed by atoms with E-state index < -0.39 is 6.04 Å². The fourth-order valence-electron chi connectivity index (χ4n) is 1.29. The predicted molar refractivity (Wildman–Crippen MR) is 72.2 cm³/mol. The minimum atomic E-state index is -0.466. The molecular weight excluding hydrogens is 236 g/mol. The van der Waals surface area contributed by atoms with Gasteiger partial charge in [-0.05, 0) is 32.3 Å². The van der Waals surface area contributed by atoms with Gasteiger partial charge in [-0.2, -0.15) is 16.9 Å². The first-order valence-corrected chi connectivity index (χ1v) is 7.04. The van der Waals surface area contributed by atoms with Crippen molar-refractivity contribution in [1.82, 2.24) is 9.78 Å². The molecule has 3 N–H and O–H groups in total. The van der Waals surface area contributed by atoms with Crippen LogP contribution in [-0.2, 0) is 4.79 Å². The second-order valence-electron chi connectivity index (χ2n) is 4.15. The van der Waals surface area contributed by atoms with Crippen molar-refractivity contribution in [2.75, 3.05) is 17.3 Å². The average Bonchev–Trinajstić information content (AvgIpc) is 2.74. The van der Waals surface area contributed by atoms with Gasteiger partial charge in [-0.3, -0.25) is 9.48 Å². The number of thioether (sulfide) groups is 1. The van der Waals surface area contributed by atoms with Crippen molar-refractivity contribution in [2.24, 2.45) is 5.73 Å². The van der Waals surface area contributed by atoms with Gasteiger partial charge >= 0.3 is 0 Å². The summed E-state index contributed by atoms with van der Waals surface area (Å²) in [7, 11) is 0. The third-order valence-electron chi connectivity index (χ3n) is 2.36. The first kappa shape index (κ1) is 14.1. The molecule has 1 rings (SSSR count). The summed E-state index contributed by atoms with van der Waals surface area (Å²) in [5, 5.41) is 6.96. The highest BCUT2D eigenvalue weighted by Crippen LogP contribution is 2.09. The predicted octanol–water partition coefficient (Wildman–Crippen LogP) is 1.48. The maximum absolute atomic E-state index is 11.7. The molecule has 0 aliphatic rings. The van der Waals surface area contributed by atoms with Gasteiger partial charge in [0.15, 0.2) is 5.82 Å². The van der Waals surface area contributed by atoms with Gasteiger partial charge in [0.05, 0.1) is 6.04 Å². The molecule has 0 aliphatic carbocycles. The molecule has 0 radical (unpaired) electrons. The summed E-state index contributed by atoms with van der Waals surface area (Å²) in [6.07, 6.45) is 4.51. The fourth-order valence-corrected chi connectivity index (χ4v) is 1.78. The van der Waals surface area contributed by atoms with Crippen LogP contribution in [0.3, 0.4) is 0 Å². The monoisotopic (exact) mass is 256 g/mol. The van der Waals surface area contributed by atoms with E-state index in [1.807, 2.05) is 26.3 Å². The van der Waals surface area contributed by atoms with Crippen molar-refractivity contribution in [2.45, 2.75) is 32.4 Å². The number of rotatable bonds is 6.